The molecule has 1 aromatic heterocycles. The first kappa shape index (κ1) is 18.3. The van der Waals surface area contributed by atoms with Crippen LogP contribution in [0.1, 0.15) is 33.0 Å². The Labute approximate surface area is 156 Å². The lowest BCUT2D eigenvalue weighted by molar-refractivity contribution is -0.119. The van der Waals surface area contributed by atoms with Crippen molar-refractivity contribution in [1.29, 1.82) is 0 Å². The summed E-state index contributed by atoms with van der Waals surface area (Å²) < 4.78 is 15.5. The minimum atomic E-state index is -0.456. The number of thiophene rings is 1. The standard InChI is InChI=1S/C19H21NO5S/c1-23-14-8-13(9-15(10-14)24-2)20-18(21)11-25-19(22)17-7-12-5-3-4-6-16(12)26-17/h7-10H,3-6,11H2,1-2H3,(H,20,21). The minimum absolute atomic E-state index is 0.346. The molecule has 0 bridgehead atoms. The predicted molar refractivity (Wildman–Crippen MR) is 99.4 cm³/mol. The van der Waals surface area contributed by atoms with E-state index >= 15 is 0 Å². The molecule has 1 aromatic carbocycles. The fourth-order valence-electron chi connectivity index (χ4n) is 2.87. The molecule has 7 heteroatoms. The second kappa shape index (κ2) is 8.23. The van der Waals surface area contributed by atoms with Gasteiger partial charge >= 0.3 is 5.97 Å². The van der Waals surface area contributed by atoms with E-state index in [9.17, 15) is 9.59 Å². The van der Waals surface area contributed by atoms with Crippen molar-refractivity contribution >= 4 is 28.9 Å². The fraction of sp³-hybridized carbons (Fsp3) is 0.368. The molecule has 0 fully saturated rings. The average molecular weight is 375 g/mol. The largest absolute Gasteiger partial charge is 0.497 e. The van der Waals surface area contributed by atoms with Crippen molar-refractivity contribution in [3.63, 3.8) is 0 Å². The number of methoxy groups -OCH3 is 2. The van der Waals surface area contributed by atoms with Gasteiger partial charge in [0.15, 0.2) is 6.61 Å². The predicted octanol–water partition coefficient (Wildman–Crippen LogP) is 3.44. The topological polar surface area (TPSA) is 73.9 Å². The number of ether oxygens (including phenoxy) is 3. The summed E-state index contributed by atoms with van der Waals surface area (Å²) in [6.45, 7) is -0.346. The number of carbonyl (C=O) groups excluding carboxylic acids is 2. The van der Waals surface area contributed by atoms with Crippen LogP contribution >= 0.6 is 11.3 Å². The number of rotatable bonds is 6. The van der Waals surface area contributed by atoms with Crippen molar-refractivity contribution < 1.29 is 23.8 Å². The van der Waals surface area contributed by atoms with Gasteiger partial charge in [-0.3, -0.25) is 4.79 Å². The van der Waals surface area contributed by atoms with Gasteiger partial charge in [0, 0.05) is 28.8 Å². The maximum atomic E-state index is 12.2. The van der Waals surface area contributed by atoms with Crippen LogP contribution in [0.5, 0.6) is 11.5 Å². The van der Waals surface area contributed by atoms with Crippen LogP contribution in [0.15, 0.2) is 24.3 Å². The van der Waals surface area contributed by atoms with Gasteiger partial charge in [-0.1, -0.05) is 0 Å². The molecule has 3 rings (SSSR count). The van der Waals surface area contributed by atoms with E-state index in [4.69, 9.17) is 14.2 Å². The zero-order valence-electron chi connectivity index (χ0n) is 14.8. The third-order valence-electron chi connectivity index (χ3n) is 4.17. The van der Waals surface area contributed by atoms with E-state index in [0.717, 1.165) is 25.7 Å². The molecular weight excluding hydrogens is 354 g/mol. The van der Waals surface area contributed by atoms with Gasteiger partial charge in [0.05, 0.1) is 14.2 Å². The molecule has 0 saturated carbocycles. The molecule has 0 aliphatic heterocycles. The summed E-state index contributed by atoms with van der Waals surface area (Å²) in [5, 5.41) is 2.67. The Morgan fingerprint density at radius 1 is 1.04 bits per heavy atom. The van der Waals surface area contributed by atoms with Gasteiger partial charge in [0.2, 0.25) is 0 Å². The number of nitrogens with one attached hydrogen (secondary N) is 1. The van der Waals surface area contributed by atoms with Gasteiger partial charge in [-0.15, -0.1) is 11.3 Å². The third kappa shape index (κ3) is 4.35. The molecule has 1 N–H and O–H groups in total. The molecule has 6 nitrogen and oxygen atoms in total. The molecule has 1 aliphatic rings. The van der Waals surface area contributed by atoms with E-state index in [-0.39, 0.29) is 6.61 Å². The highest BCUT2D eigenvalue weighted by Gasteiger charge is 2.19. The average Bonchev–Trinajstić information content (AvgIpc) is 3.10. The van der Waals surface area contributed by atoms with Crippen molar-refractivity contribution in [2.45, 2.75) is 25.7 Å². The molecule has 0 atom stereocenters. The first-order valence-corrected chi connectivity index (χ1v) is 9.22. The van der Waals surface area contributed by atoms with Crippen LogP contribution in [0.2, 0.25) is 0 Å². The fourth-order valence-corrected chi connectivity index (χ4v) is 4.02. The van der Waals surface area contributed by atoms with Crippen LogP contribution in [0.4, 0.5) is 5.69 Å². The molecule has 1 aliphatic carbocycles. The van der Waals surface area contributed by atoms with Crippen molar-refractivity contribution in [1.82, 2.24) is 0 Å². The van der Waals surface area contributed by atoms with Crippen LogP contribution < -0.4 is 14.8 Å². The molecule has 138 valence electrons. The maximum absolute atomic E-state index is 12.2. The maximum Gasteiger partial charge on any atom is 0.348 e. The first-order chi connectivity index (χ1) is 12.6. The summed E-state index contributed by atoms with van der Waals surface area (Å²) in [4.78, 5) is 26.1. The lowest BCUT2D eigenvalue weighted by Crippen LogP contribution is -2.20. The Kier molecular flexibility index (Phi) is 5.78. The van der Waals surface area contributed by atoms with E-state index < -0.39 is 11.9 Å². The van der Waals surface area contributed by atoms with Gasteiger partial charge in [-0.25, -0.2) is 4.79 Å². The first-order valence-electron chi connectivity index (χ1n) is 8.40. The summed E-state index contributed by atoms with van der Waals surface area (Å²) in [5.41, 5.74) is 1.75. The molecule has 26 heavy (non-hydrogen) atoms. The van der Waals surface area contributed by atoms with Crippen LogP contribution in [0.25, 0.3) is 0 Å². The van der Waals surface area contributed by atoms with Gasteiger partial charge < -0.3 is 19.5 Å². The highest BCUT2D eigenvalue weighted by atomic mass is 32.1. The third-order valence-corrected chi connectivity index (χ3v) is 5.38. The van der Waals surface area contributed by atoms with Crippen molar-refractivity contribution in [3.8, 4) is 11.5 Å². The number of anilines is 1. The van der Waals surface area contributed by atoms with Crippen LogP contribution in [0, 0.1) is 0 Å². The summed E-state index contributed by atoms with van der Waals surface area (Å²) in [6.07, 6.45) is 4.35. The molecule has 1 amide bonds. The van der Waals surface area contributed by atoms with Crippen molar-refractivity contribution in [2.24, 2.45) is 0 Å². The Morgan fingerprint density at radius 3 is 2.38 bits per heavy atom. The number of fused-ring (bicyclic) bond motifs is 1. The molecular formula is C19H21NO5S. The number of hydrogen-bond donors (Lipinski definition) is 1. The number of benzene rings is 1. The summed E-state index contributed by atoms with van der Waals surface area (Å²) in [5.74, 6) is 0.236. The normalized spacial score (nSPS) is 12.8. The Morgan fingerprint density at radius 2 is 1.73 bits per heavy atom. The quantitative estimate of drug-likeness (QED) is 0.783. The van der Waals surface area contributed by atoms with Gasteiger partial charge in [0.1, 0.15) is 16.4 Å². The van der Waals surface area contributed by atoms with E-state index in [1.54, 1.807) is 18.2 Å². The van der Waals surface area contributed by atoms with Crippen molar-refractivity contribution in [3.05, 3.63) is 39.6 Å². The number of hydrogen-bond acceptors (Lipinski definition) is 6. The van der Waals surface area contributed by atoms with Gasteiger partial charge in [-0.05, 0) is 37.3 Å². The molecule has 0 spiro atoms. The second-order valence-electron chi connectivity index (χ2n) is 5.99. The highest BCUT2D eigenvalue weighted by molar-refractivity contribution is 7.14. The smallest absolute Gasteiger partial charge is 0.348 e. The molecule has 2 aromatic rings. The van der Waals surface area contributed by atoms with E-state index in [2.05, 4.69) is 5.32 Å². The highest BCUT2D eigenvalue weighted by Crippen LogP contribution is 2.30. The zero-order chi connectivity index (χ0) is 18.5. The van der Waals surface area contributed by atoms with Crippen LogP contribution in [0.3, 0.4) is 0 Å². The lowest BCUT2D eigenvalue weighted by atomic mass is 9.99. The van der Waals surface area contributed by atoms with Crippen LogP contribution in [-0.4, -0.2) is 32.7 Å². The lowest BCUT2D eigenvalue weighted by Gasteiger charge is -2.10. The molecule has 0 unspecified atom stereocenters. The SMILES string of the molecule is COc1cc(NC(=O)COC(=O)c2cc3c(s2)CCCC3)cc(OC)c1. The number of amides is 1. The van der Waals surface area contributed by atoms with Crippen LogP contribution in [-0.2, 0) is 22.4 Å². The number of carbonyl (C=O) groups is 2. The molecule has 1 heterocycles. The Balaban J connectivity index is 1.57. The van der Waals surface area contributed by atoms with Crippen molar-refractivity contribution in [2.75, 3.05) is 26.1 Å². The van der Waals surface area contributed by atoms with E-state index in [1.807, 2.05) is 6.07 Å². The molecule has 0 saturated heterocycles. The summed E-state index contributed by atoms with van der Waals surface area (Å²) in [6, 6.07) is 6.92. The monoisotopic (exact) mass is 375 g/mol. The Hall–Kier alpha value is -2.54. The molecule has 0 radical (unpaired) electrons. The Bertz CT molecular complexity index is 769. The van der Waals surface area contributed by atoms with E-state index in [1.165, 1.54) is 36.0 Å². The van der Waals surface area contributed by atoms with Gasteiger partial charge in [0.25, 0.3) is 5.91 Å². The number of aryl methyl sites for hydroxylation is 2. The summed E-state index contributed by atoms with van der Waals surface area (Å²) >= 11 is 1.47. The van der Waals surface area contributed by atoms with E-state index in [0.29, 0.717) is 22.1 Å². The summed E-state index contributed by atoms with van der Waals surface area (Å²) in [7, 11) is 3.06. The minimum Gasteiger partial charge on any atom is -0.497 e. The number of esters is 1. The second-order valence-corrected chi connectivity index (χ2v) is 7.13. The zero-order valence-corrected chi connectivity index (χ0v) is 15.6. The van der Waals surface area contributed by atoms with Gasteiger partial charge in [-0.2, -0.15) is 0 Å².